The molecule has 118 valence electrons. The molecule has 0 rings (SSSR count). The van der Waals surface area contributed by atoms with Crippen molar-refractivity contribution in [3.8, 4) is 0 Å². The van der Waals surface area contributed by atoms with Crippen molar-refractivity contribution < 1.29 is 27.5 Å². The number of carbonyl (C=O) groups is 2. The van der Waals surface area contributed by atoms with Gasteiger partial charge in [0.1, 0.15) is 11.6 Å². The molecule has 0 saturated heterocycles. The van der Waals surface area contributed by atoms with E-state index in [0.29, 0.717) is 0 Å². The van der Waals surface area contributed by atoms with Crippen LogP contribution in [-0.4, -0.2) is 42.4 Å². The molecule has 0 radical (unpaired) electrons. The number of primary amides is 1. The smallest absolute Gasteiger partial charge is 0.407 e. The van der Waals surface area contributed by atoms with Crippen molar-refractivity contribution in [2.45, 2.75) is 51.6 Å². The van der Waals surface area contributed by atoms with E-state index >= 15 is 0 Å². The first-order valence-corrected chi connectivity index (χ1v) is 5.91. The van der Waals surface area contributed by atoms with E-state index in [1.807, 2.05) is 5.32 Å². The number of alkyl halides is 3. The highest BCUT2D eigenvalue weighted by Crippen LogP contribution is 2.13. The van der Waals surface area contributed by atoms with Gasteiger partial charge >= 0.3 is 12.3 Å². The lowest BCUT2D eigenvalue weighted by Gasteiger charge is -2.26. The monoisotopic (exact) mass is 299 g/mol. The standard InChI is InChI=1S/C11H20F3N3O3/c1-6(17-9(19)20-10(2,3)4)7(8(15)18)16-5-11(12,13)14/h6-7,16H,5H2,1-4H3,(H2,15,18)(H,17,19). The third kappa shape index (κ3) is 8.57. The van der Waals surface area contributed by atoms with E-state index in [-0.39, 0.29) is 0 Å². The Bertz CT molecular complexity index is 353. The Labute approximate surface area is 115 Å². The van der Waals surface area contributed by atoms with E-state index in [0.717, 1.165) is 0 Å². The van der Waals surface area contributed by atoms with Crippen LogP contribution in [0.25, 0.3) is 0 Å². The molecule has 20 heavy (non-hydrogen) atoms. The minimum absolute atomic E-state index is 0.759. The van der Waals surface area contributed by atoms with Crippen molar-refractivity contribution >= 4 is 12.0 Å². The summed E-state index contributed by atoms with van der Waals surface area (Å²) in [4.78, 5) is 22.6. The molecular weight excluding hydrogens is 279 g/mol. The topological polar surface area (TPSA) is 93.4 Å². The maximum absolute atomic E-state index is 12.1. The zero-order valence-corrected chi connectivity index (χ0v) is 11.8. The van der Waals surface area contributed by atoms with E-state index in [9.17, 15) is 22.8 Å². The number of halogens is 3. The third-order valence-corrected chi connectivity index (χ3v) is 2.07. The summed E-state index contributed by atoms with van der Waals surface area (Å²) >= 11 is 0. The van der Waals surface area contributed by atoms with Gasteiger partial charge in [0, 0.05) is 0 Å². The predicted octanol–water partition coefficient (Wildman–Crippen LogP) is 0.905. The number of carbonyl (C=O) groups excluding carboxylic acids is 2. The molecule has 0 bridgehead atoms. The fourth-order valence-corrected chi connectivity index (χ4v) is 1.33. The van der Waals surface area contributed by atoms with Gasteiger partial charge in [-0.25, -0.2) is 4.79 Å². The van der Waals surface area contributed by atoms with Gasteiger partial charge in [-0.1, -0.05) is 0 Å². The Hall–Kier alpha value is -1.51. The van der Waals surface area contributed by atoms with Crippen LogP contribution in [0.4, 0.5) is 18.0 Å². The molecule has 0 heterocycles. The van der Waals surface area contributed by atoms with Crippen molar-refractivity contribution in [3.63, 3.8) is 0 Å². The Kier molecular flexibility index (Phi) is 6.27. The van der Waals surface area contributed by atoms with Crippen LogP contribution in [0.5, 0.6) is 0 Å². The number of alkyl carbamates (subject to hydrolysis) is 1. The zero-order valence-electron chi connectivity index (χ0n) is 11.8. The molecule has 6 nitrogen and oxygen atoms in total. The van der Waals surface area contributed by atoms with Gasteiger partial charge in [0.05, 0.1) is 12.6 Å². The highest BCUT2D eigenvalue weighted by molar-refractivity contribution is 5.81. The van der Waals surface area contributed by atoms with Crippen molar-refractivity contribution in [2.24, 2.45) is 5.73 Å². The minimum Gasteiger partial charge on any atom is -0.444 e. The van der Waals surface area contributed by atoms with Gasteiger partial charge in [0.15, 0.2) is 0 Å². The van der Waals surface area contributed by atoms with Gasteiger partial charge in [-0.3, -0.25) is 10.1 Å². The van der Waals surface area contributed by atoms with Crippen LogP contribution >= 0.6 is 0 Å². The summed E-state index contributed by atoms with van der Waals surface area (Å²) in [5.41, 5.74) is 4.25. The van der Waals surface area contributed by atoms with E-state index in [4.69, 9.17) is 10.5 Å². The molecule has 2 unspecified atom stereocenters. The number of rotatable bonds is 5. The van der Waals surface area contributed by atoms with Crippen molar-refractivity contribution in [1.82, 2.24) is 10.6 Å². The lowest BCUT2D eigenvalue weighted by molar-refractivity contribution is -0.131. The SMILES string of the molecule is CC(NC(=O)OC(C)(C)C)C(NCC(F)(F)F)C(N)=O. The average Bonchev–Trinajstić information content (AvgIpc) is 2.10. The van der Waals surface area contributed by atoms with E-state index in [1.54, 1.807) is 20.8 Å². The molecule has 2 amide bonds. The second-order valence-corrected chi connectivity index (χ2v) is 5.31. The predicted molar refractivity (Wildman–Crippen MR) is 65.9 cm³/mol. The van der Waals surface area contributed by atoms with Crippen LogP contribution in [0, 0.1) is 0 Å². The summed E-state index contributed by atoms with van der Waals surface area (Å²) in [6.07, 6.45) is -5.33. The first kappa shape index (κ1) is 18.5. The number of nitrogens with two attached hydrogens (primary N) is 1. The van der Waals surface area contributed by atoms with E-state index in [1.165, 1.54) is 6.92 Å². The molecule has 2 atom stereocenters. The second-order valence-electron chi connectivity index (χ2n) is 5.31. The Morgan fingerprint density at radius 3 is 2.10 bits per heavy atom. The highest BCUT2D eigenvalue weighted by atomic mass is 19.4. The van der Waals surface area contributed by atoms with Gasteiger partial charge < -0.3 is 15.8 Å². The van der Waals surface area contributed by atoms with Gasteiger partial charge in [0.25, 0.3) is 0 Å². The minimum atomic E-state index is -4.49. The number of ether oxygens (including phenoxy) is 1. The molecular formula is C11H20F3N3O3. The molecule has 0 fully saturated rings. The zero-order chi connectivity index (χ0) is 16.1. The number of hydrogen-bond acceptors (Lipinski definition) is 4. The summed E-state index contributed by atoms with van der Waals surface area (Å²) in [5.74, 6) is -1.00. The Morgan fingerprint density at radius 1 is 1.25 bits per heavy atom. The van der Waals surface area contributed by atoms with Crippen LogP contribution in [0.3, 0.4) is 0 Å². The van der Waals surface area contributed by atoms with Gasteiger partial charge in [-0.05, 0) is 27.7 Å². The molecule has 0 aromatic heterocycles. The first-order chi connectivity index (χ1) is 8.82. The highest BCUT2D eigenvalue weighted by Gasteiger charge is 2.32. The summed E-state index contributed by atoms with van der Waals surface area (Å²) in [6, 6.07) is -2.31. The molecule has 0 saturated carbocycles. The molecule has 4 N–H and O–H groups in total. The van der Waals surface area contributed by atoms with Crippen LogP contribution in [0.15, 0.2) is 0 Å². The quantitative estimate of drug-likeness (QED) is 0.703. The summed E-state index contributed by atoms with van der Waals surface area (Å²) in [6.45, 7) is 4.85. The molecule has 0 aromatic rings. The molecule has 0 aliphatic heterocycles. The molecule has 0 aromatic carbocycles. The molecule has 9 heteroatoms. The molecule has 0 aliphatic rings. The second kappa shape index (κ2) is 6.78. The van der Waals surface area contributed by atoms with Crippen LogP contribution in [0.2, 0.25) is 0 Å². The largest absolute Gasteiger partial charge is 0.444 e. The summed E-state index contributed by atoms with van der Waals surface area (Å²) in [7, 11) is 0. The summed E-state index contributed by atoms with van der Waals surface area (Å²) in [5, 5.41) is 4.22. The fraction of sp³-hybridized carbons (Fsp3) is 0.818. The third-order valence-electron chi connectivity index (χ3n) is 2.07. The average molecular weight is 299 g/mol. The van der Waals surface area contributed by atoms with Crippen molar-refractivity contribution in [2.75, 3.05) is 6.54 Å². The van der Waals surface area contributed by atoms with Gasteiger partial charge in [0.2, 0.25) is 5.91 Å². The Morgan fingerprint density at radius 2 is 1.75 bits per heavy atom. The lowest BCUT2D eigenvalue weighted by atomic mass is 10.1. The maximum Gasteiger partial charge on any atom is 0.407 e. The van der Waals surface area contributed by atoms with Gasteiger partial charge in [-0.15, -0.1) is 0 Å². The number of hydrogen-bond donors (Lipinski definition) is 3. The molecule has 0 aliphatic carbocycles. The Balaban J connectivity index is 4.54. The summed E-state index contributed by atoms with van der Waals surface area (Å²) < 4.78 is 41.2. The van der Waals surface area contributed by atoms with Crippen LogP contribution in [-0.2, 0) is 9.53 Å². The van der Waals surface area contributed by atoms with Crippen molar-refractivity contribution in [1.29, 1.82) is 0 Å². The first-order valence-electron chi connectivity index (χ1n) is 5.91. The van der Waals surface area contributed by atoms with E-state index in [2.05, 4.69) is 5.32 Å². The van der Waals surface area contributed by atoms with Gasteiger partial charge in [-0.2, -0.15) is 13.2 Å². The maximum atomic E-state index is 12.1. The normalized spacial score (nSPS) is 15.3. The van der Waals surface area contributed by atoms with Crippen LogP contribution in [0.1, 0.15) is 27.7 Å². The number of amides is 2. The number of nitrogens with one attached hydrogen (secondary N) is 2. The van der Waals surface area contributed by atoms with Crippen molar-refractivity contribution in [3.05, 3.63) is 0 Å². The lowest BCUT2D eigenvalue weighted by Crippen LogP contribution is -2.57. The van der Waals surface area contributed by atoms with E-state index < -0.39 is 42.4 Å². The molecule has 0 spiro atoms. The van der Waals surface area contributed by atoms with Crippen LogP contribution < -0.4 is 16.4 Å². The fourth-order valence-electron chi connectivity index (χ4n) is 1.33.